The summed E-state index contributed by atoms with van der Waals surface area (Å²) in [6.07, 6.45) is -6.56. The van der Waals surface area contributed by atoms with Crippen molar-refractivity contribution in [3.8, 4) is 0 Å². The van der Waals surface area contributed by atoms with E-state index in [0.717, 1.165) is 43.0 Å². The molecule has 6 nitrogen and oxygen atoms in total. The third-order valence-electron chi connectivity index (χ3n) is 4.23. The number of halogens is 6. The van der Waals surface area contributed by atoms with Crippen molar-refractivity contribution in [1.29, 1.82) is 0 Å². The van der Waals surface area contributed by atoms with E-state index in [1.807, 2.05) is 0 Å². The van der Waals surface area contributed by atoms with E-state index in [-0.39, 0.29) is 5.56 Å². The van der Waals surface area contributed by atoms with Crippen molar-refractivity contribution in [2.24, 2.45) is 0 Å². The van der Waals surface area contributed by atoms with E-state index in [2.05, 4.69) is 20.3 Å². The monoisotopic (exact) mass is 442 g/mol. The lowest BCUT2D eigenvalue weighted by molar-refractivity contribution is -0.139. The Morgan fingerprint density at radius 1 is 1.00 bits per heavy atom. The number of nitrogens with zero attached hydrogens (tertiary/aromatic N) is 2. The minimum atomic E-state index is -4.86. The van der Waals surface area contributed by atoms with Crippen molar-refractivity contribution < 1.29 is 31.1 Å². The summed E-state index contributed by atoms with van der Waals surface area (Å²) in [4.78, 5) is 33.8. The Morgan fingerprint density at radius 2 is 1.68 bits per heavy atom. The van der Waals surface area contributed by atoms with Crippen LogP contribution in [0.5, 0.6) is 0 Å². The van der Waals surface area contributed by atoms with Gasteiger partial charge in [0, 0.05) is 12.4 Å². The summed E-state index contributed by atoms with van der Waals surface area (Å²) in [5, 5.41) is 2.23. The first-order valence-corrected chi connectivity index (χ1v) is 8.51. The molecule has 1 atom stereocenters. The molecule has 2 N–H and O–H groups in total. The molecule has 0 bridgehead atoms. The third kappa shape index (κ3) is 4.90. The van der Waals surface area contributed by atoms with Crippen molar-refractivity contribution >= 4 is 5.91 Å². The lowest BCUT2D eigenvalue weighted by Crippen LogP contribution is -2.35. The topological polar surface area (TPSA) is 87.7 Å². The average molecular weight is 442 g/mol. The summed E-state index contributed by atoms with van der Waals surface area (Å²) in [7, 11) is 0. The minimum absolute atomic E-state index is 0.106. The second-order valence-electron chi connectivity index (χ2n) is 6.25. The molecule has 0 unspecified atom stereocenters. The fourth-order valence-corrected chi connectivity index (χ4v) is 2.78. The first-order chi connectivity index (χ1) is 14.5. The van der Waals surface area contributed by atoms with Crippen LogP contribution in [0.1, 0.15) is 38.8 Å². The largest absolute Gasteiger partial charge is 0.418 e. The quantitative estimate of drug-likeness (QED) is 0.603. The SMILES string of the molecule is O=C(N[C@@H](c1ccc(C(F)(F)F)cc1)c1ncccc1C(F)(F)F)c1cnc[nH]c1=O. The Bertz CT molecular complexity index is 1140. The number of rotatable bonds is 4. The van der Waals surface area contributed by atoms with Gasteiger partial charge in [-0.05, 0) is 29.8 Å². The molecule has 2 heterocycles. The van der Waals surface area contributed by atoms with Crippen molar-refractivity contribution in [2.45, 2.75) is 18.4 Å². The fraction of sp³-hybridized carbons (Fsp3) is 0.158. The van der Waals surface area contributed by atoms with Gasteiger partial charge in [-0.25, -0.2) is 4.98 Å². The molecule has 162 valence electrons. The van der Waals surface area contributed by atoms with Crippen molar-refractivity contribution in [3.05, 3.63) is 93.4 Å². The molecule has 0 aliphatic rings. The molecule has 3 rings (SSSR count). The van der Waals surface area contributed by atoms with Gasteiger partial charge in [-0.2, -0.15) is 26.3 Å². The highest BCUT2D eigenvalue weighted by Crippen LogP contribution is 2.36. The van der Waals surface area contributed by atoms with Crippen LogP contribution in [0.25, 0.3) is 0 Å². The second-order valence-corrected chi connectivity index (χ2v) is 6.25. The highest BCUT2D eigenvalue weighted by atomic mass is 19.4. The third-order valence-corrected chi connectivity index (χ3v) is 4.23. The molecule has 0 aliphatic heterocycles. The predicted molar refractivity (Wildman–Crippen MR) is 94.8 cm³/mol. The lowest BCUT2D eigenvalue weighted by atomic mass is 9.97. The van der Waals surface area contributed by atoms with Gasteiger partial charge in [-0.15, -0.1) is 0 Å². The van der Waals surface area contributed by atoms with E-state index in [9.17, 15) is 35.9 Å². The highest BCUT2D eigenvalue weighted by Gasteiger charge is 2.37. The molecule has 2 aromatic heterocycles. The van der Waals surface area contributed by atoms with Crippen LogP contribution >= 0.6 is 0 Å². The minimum Gasteiger partial charge on any atom is -0.339 e. The zero-order chi connectivity index (χ0) is 22.8. The molecule has 0 saturated carbocycles. The average Bonchev–Trinajstić information content (AvgIpc) is 2.71. The smallest absolute Gasteiger partial charge is 0.339 e. The van der Waals surface area contributed by atoms with Gasteiger partial charge >= 0.3 is 12.4 Å². The van der Waals surface area contributed by atoms with Gasteiger partial charge in [0.2, 0.25) is 0 Å². The van der Waals surface area contributed by atoms with Gasteiger partial charge in [0.05, 0.1) is 29.2 Å². The van der Waals surface area contributed by atoms with Gasteiger partial charge in [-0.1, -0.05) is 12.1 Å². The molecule has 0 radical (unpaired) electrons. The number of amides is 1. The number of aromatic amines is 1. The first-order valence-electron chi connectivity index (χ1n) is 8.51. The molecule has 3 aromatic rings. The highest BCUT2D eigenvalue weighted by molar-refractivity contribution is 5.94. The van der Waals surface area contributed by atoms with Crippen LogP contribution in [0.4, 0.5) is 26.3 Å². The van der Waals surface area contributed by atoms with Crippen LogP contribution in [0.15, 0.2) is 59.9 Å². The van der Waals surface area contributed by atoms with Gasteiger partial charge < -0.3 is 10.3 Å². The fourth-order valence-electron chi connectivity index (χ4n) is 2.78. The van der Waals surface area contributed by atoms with E-state index >= 15 is 0 Å². The normalized spacial score (nSPS) is 13.0. The van der Waals surface area contributed by atoms with Crippen LogP contribution in [0, 0.1) is 0 Å². The van der Waals surface area contributed by atoms with Crippen molar-refractivity contribution in [2.75, 3.05) is 0 Å². The standard InChI is InChI=1S/C19H12F6N4O2/c20-18(21,22)11-5-3-10(4-6-11)14(15-13(19(23,24)25)2-1-7-27-15)29-17(31)12-8-26-9-28-16(12)30/h1-9,14H,(H,29,31)(H,26,28,30)/t14-/m0/s1. The molecule has 0 saturated heterocycles. The van der Waals surface area contributed by atoms with Gasteiger partial charge in [0.25, 0.3) is 11.5 Å². The molecule has 0 spiro atoms. The molecule has 12 heteroatoms. The number of nitrogens with one attached hydrogen (secondary N) is 2. The van der Waals surface area contributed by atoms with Gasteiger partial charge in [0.1, 0.15) is 5.56 Å². The Kier molecular flexibility index (Phi) is 5.82. The van der Waals surface area contributed by atoms with E-state index < -0.39 is 52.2 Å². The summed E-state index contributed by atoms with van der Waals surface area (Å²) < 4.78 is 79.1. The van der Waals surface area contributed by atoms with Crippen molar-refractivity contribution in [1.82, 2.24) is 20.3 Å². The van der Waals surface area contributed by atoms with E-state index in [0.29, 0.717) is 12.1 Å². The van der Waals surface area contributed by atoms with E-state index in [1.165, 1.54) is 0 Å². The summed E-state index contributed by atoms with van der Waals surface area (Å²) in [6.45, 7) is 0. The van der Waals surface area contributed by atoms with Crippen LogP contribution in [-0.4, -0.2) is 20.9 Å². The maximum absolute atomic E-state index is 13.5. The number of aromatic nitrogens is 3. The summed E-state index contributed by atoms with van der Waals surface area (Å²) in [5.41, 5.74) is -4.32. The summed E-state index contributed by atoms with van der Waals surface area (Å²) in [6, 6.07) is 3.34. The van der Waals surface area contributed by atoms with E-state index in [1.54, 1.807) is 0 Å². The Labute approximate surface area is 170 Å². The number of alkyl halides is 6. The van der Waals surface area contributed by atoms with E-state index in [4.69, 9.17) is 0 Å². The molecule has 0 aliphatic carbocycles. The Balaban J connectivity index is 2.10. The van der Waals surface area contributed by atoms with Gasteiger partial charge in [-0.3, -0.25) is 14.6 Å². The second kappa shape index (κ2) is 8.20. The Morgan fingerprint density at radius 3 is 2.26 bits per heavy atom. The number of pyridine rings is 1. The van der Waals surface area contributed by atoms with Crippen LogP contribution in [0.2, 0.25) is 0 Å². The predicted octanol–water partition coefficient (Wildman–Crippen LogP) is 3.72. The number of hydrogen-bond acceptors (Lipinski definition) is 4. The molecular weight excluding hydrogens is 430 g/mol. The molecule has 1 aromatic carbocycles. The van der Waals surface area contributed by atoms with Crippen LogP contribution in [-0.2, 0) is 12.4 Å². The molecular formula is C19H12F6N4O2. The number of benzene rings is 1. The number of hydrogen-bond donors (Lipinski definition) is 2. The molecule has 31 heavy (non-hydrogen) atoms. The Hall–Kier alpha value is -3.70. The maximum Gasteiger partial charge on any atom is 0.418 e. The van der Waals surface area contributed by atoms with Crippen LogP contribution < -0.4 is 10.9 Å². The van der Waals surface area contributed by atoms with Crippen molar-refractivity contribution in [3.63, 3.8) is 0 Å². The number of carbonyl (C=O) groups excluding carboxylic acids is 1. The first kappa shape index (κ1) is 22.0. The summed E-state index contributed by atoms with van der Waals surface area (Å²) in [5.74, 6) is -1.09. The number of carbonyl (C=O) groups is 1. The zero-order valence-electron chi connectivity index (χ0n) is 15.3. The van der Waals surface area contributed by atoms with Gasteiger partial charge in [0.15, 0.2) is 0 Å². The summed E-state index contributed by atoms with van der Waals surface area (Å²) >= 11 is 0. The number of H-pyrrole nitrogens is 1. The zero-order valence-corrected chi connectivity index (χ0v) is 15.3. The van der Waals surface area contributed by atoms with Crippen LogP contribution in [0.3, 0.4) is 0 Å². The lowest BCUT2D eigenvalue weighted by Gasteiger charge is -2.22. The maximum atomic E-state index is 13.5. The molecule has 1 amide bonds. The molecule has 0 fully saturated rings.